The highest BCUT2D eigenvalue weighted by Gasteiger charge is 2.17. The number of nitrogens with zero attached hydrogens (tertiary/aromatic N) is 3. The molecule has 2 heterocycles. The fraction of sp³-hybridized carbons (Fsp3) is 0.333. The molecule has 3 rings (SSSR count). The molecule has 0 unspecified atom stereocenters. The Hall–Kier alpha value is -2.36. The van der Waals surface area contributed by atoms with Gasteiger partial charge in [0.15, 0.2) is 0 Å². The van der Waals surface area contributed by atoms with E-state index in [0.717, 1.165) is 29.7 Å². The molecule has 114 valence electrons. The van der Waals surface area contributed by atoms with Crippen LogP contribution in [0, 0.1) is 6.92 Å². The van der Waals surface area contributed by atoms with E-state index in [1.807, 2.05) is 12.3 Å². The van der Waals surface area contributed by atoms with E-state index in [-0.39, 0.29) is 0 Å². The van der Waals surface area contributed by atoms with Crippen molar-refractivity contribution in [2.45, 2.75) is 32.7 Å². The number of nitrogens with one attached hydrogen (secondary N) is 1. The molecule has 4 heteroatoms. The van der Waals surface area contributed by atoms with Gasteiger partial charge < -0.3 is 9.88 Å². The van der Waals surface area contributed by atoms with Crippen LogP contribution in [0.3, 0.4) is 0 Å². The highest BCUT2D eigenvalue weighted by molar-refractivity contribution is 5.87. The van der Waals surface area contributed by atoms with Crippen molar-refractivity contribution in [1.29, 1.82) is 0 Å². The standard InChI is InChI=1S/C18H22N4/c1-4-15(11-14-7-5-13(2)6-8-14)22(3)18-16-9-10-19-17(16)20-12-21-18/h5-10,12,15H,4,11H2,1-3H3,(H,19,20,21)/t15-/m0/s1. The monoisotopic (exact) mass is 294 g/mol. The maximum atomic E-state index is 4.50. The van der Waals surface area contributed by atoms with Crippen LogP contribution in [0.5, 0.6) is 0 Å². The molecule has 1 N–H and O–H groups in total. The number of fused-ring (bicyclic) bond motifs is 1. The summed E-state index contributed by atoms with van der Waals surface area (Å²) in [5, 5.41) is 1.08. The summed E-state index contributed by atoms with van der Waals surface area (Å²) in [5.74, 6) is 0.991. The van der Waals surface area contributed by atoms with E-state index >= 15 is 0 Å². The Morgan fingerprint density at radius 1 is 1.14 bits per heavy atom. The highest BCUT2D eigenvalue weighted by atomic mass is 15.2. The van der Waals surface area contributed by atoms with Gasteiger partial charge in [0, 0.05) is 19.3 Å². The summed E-state index contributed by atoms with van der Waals surface area (Å²) in [7, 11) is 2.12. The van der Waals surface area contributed by atoms with Crippen molar-refractivity contribution < 1.29 is 0 Å². The van der Waals surface area contributed by atoms with Gasteiger partial charge in [-0.15, -0.1) is 0 Å². The second-order valence-electron chi connectivity index (χ2n) is 5.80. The lowest BCUT2D eigenvalue weighted by atomic mass is 10.0. The minimum Gasteiger partial charge on any atom is -0.356 e. The molecule has 4 nitrogen and oxygen atoms in total. The molecule has 0 saturated heterocycles. The maximum Gasteiger partial charge on any atom is 0.142 e. The summed E-state index contributed by atoms with van der Waals surface area (Å²) >= 11 is 0. The average Bonchev–Trinajstić information content (AvgIpc) is 3.02. The van der Waals surface area contributed by atoms with Gasteiger partial charge in [-0.3, -0.25) is 0 Å². The zero-order valence-corrected chi connectivity index (χ0v) is 13.4. The van der Waals surface area contributed by atoms with Crippen LogP contribution in [0.25, 0.3) is 11.0 Å². The fourth-order valence-electron chi connectivity index (χ4n) is 2.86. The first-order valence-electron chi connectivity index (χ1n) is 7.75. The smallest absolute Gasteiger partial charge is 0.142 e. The summed E-state index contributed by atoms with van der Waals surface area (Å²) in [4.78, 5) is 14.2. The number of aryl methyl sites for hydroxylation is 1. The molecule has 1 aromatic carbocycles. The number of H-pyrrole nitrogens is 1. The second kappa shape index (κ2) is 6.18. The van der Waals surface area contributed by atoms with E-state index in [1.165, 1.54) is 11.1 Å². The summed E-state index contributed by atoms with van der Waals surface area (Å²) in [6, 6.07) is 11.2. The first kappa shape index (κ1) is 14.6. The lowest BCUT2D eigenvalue weighted by molar-refractivity contribution is 0.602. The van der Waals surface area contributed by atoms with Crippen molar-refractivity contribution in [3.05, 3.63) is 54.0 Å². The number of aromatic nitrogens is 3. The Kier molecular flexibility index (Phi) is 4.09. The normalized spacial score (nSPS) is 12.5. The number of anilines is 1. The number of aromatic amines is 1. The van der Waals surface area contributed by atoms with Crippen LogP contribution in [-0.2, 0) is 6.42 Å². The Morgan fingerprint density at radius 3 is 2.64 bits per heavy atom. The maximum absolute atomic E-state index is 4.50. The molecular weight excluding hydrogens is 272 g/mol. The average molecular weight is 294 g/mol. The summed E-state index contributed by atoms with van der Waals surface area (Å²) in [5.41, 5.74) is 3.56. The molecular formula is C18H22N4. The quantitative estimate of drug-likeness (QED) is 0.780. The molecule has 0 aliphatic carbocycles. The third-order valence-electron chi connectivity index (χ3n) is 4.28. The Balaban J connectivity index is 1.86. The predicted molar refractivity (Wildman–Crippen MR) is 91.3 cm³/mol. The number of hydrogen-bond donors (Lipinski definition) is 1. The van der Waals surface area contributed by atoms with Crippen molar-refractivity contribution in [2.75, 3.05) is 11.9 Å². The predicted octanol–water partition coefficient (Wildman–Crippen LogP) is 3.72. The SMILES string of the molecule is CC[C@@H](Cc1ccc(C)cc1)N(C)c1ncnc2[nH]ccc12. The van der Waals surface area contributed by atoms with Gasteiger partial charge in [0.2, 0.25) is 0 Å². The van der Waals surface area contributed by atoms with Gasteiger partial charge in [-0.1, -0.05) is 36.8 Å². The van der Waals surface area contributed by atoms with Crippen molar-refractivity contribution >= 4 is 16.9 Å². The van der Waals surface area contributed by atoms with Gasteiger partial charge in [0.25, 0.3) is 0 Å². The Labute approximate surface area is 131 Å². The molecule has 0 bridgehead atoms. The second-order valence-corrected chi connectivity index (χ2v) is 5.80. The van der Waals surface area contributed by atoms with Crippen molar-refractivity contribution in [1.82, 2.24) is 15.0 Å². The van der Waals surface area contributed by atoms with Crippen LogP contribution in [0.1, 0.15) is 24.5 Å². The van der Waals surface area contributed by atoms with E-state index in [9.17, 15) is 0 Å². The van der Waals surface area contributed by atoms with Crippen LogP contribution >= 0.6 is 0 Å². The largest absolute Gasteiger partial charge is 0.356 e. The molecule has 0 amide bonds. The summed E-state index contributed by atoms with van der Waals surface area (Å²) in [6.07, 6.45) is 5.63. The van der Waals surface area contributed by atoms with E-state index in [0.29, 0.717) is 6.04 Å². The highest BCUT2D eigenvalue weighted by Crippen LogP contribution is 2.24. The number of benzene rings is 1. The van der Waals surface area contributed by atoms with Crippen molar-refractivity contribution in [2.24, 2.45) is 0 Å². The van der Waals surface area contributed by atoms with Crippen LogP contribution in [0.2, 0.25) is 0 Å². The zero-order valence-electron chi connectivity index (χ0n) is 13.4. The van der Waals surface area contributed by atoms with Crippen LogP contribution < -0.4 is 4.90 Å². The van der Waals surface area contributed by atoms with E-state index in [2.05, 4.69) is 65.0 Å². The van der Waals surface area contributed by atoms with E-state index in [1.54, 1.807) is 6.33 Å². The van der Waals surface area contributed by atoms with E-state index in [4.69, 9.17) is 0 Å². The summed E-state index contributed by atoms with van der Waals surface area (Å²) < 4.78 is 0. The zero-order chi connectivity index (χ0) is 15.5. The summed E-state index contributed by atoms with van der Waals surface area (Å²) in [6.45, 7) is 4.35. The third kappa shape index (κ3) is 2.82. The Morgan fingerprint density at radius 2 is 1.91 bits per heavy atom. The molecule has 0 saturated carbocycles. The lowest BCUT2D eigenvalue weighted by Crippen LogP contribution is -2.33. The molecule has 1 atom stereocenters. The first-order valence-corrected chi connectivity index (χ1v) is 7.75. The van der Waals surface area contributed by atoms with Crippen LogP contribution in [0.15, 0.2) is 42.9 Å². The topological polar surface area (TPSA) is 44.8 Å². The molecule has 0 aliphatic rings. The van der Waals surface area contributed by atoms with Gasteiger partial charge in [-0.05, 0) is 31.4 Å². The first-order chi connectivity index (χ1) is 10.7. The number of rotatable bonds is 5. The lowest BCUT2D eigenvalue weighted by Gasteiger charge is -2.29. The van der Waals surface area contributed by atoms with E-state index < -0.39 is 0 Å². The number of likely N-dealkylation sites (N-methyl/N-ethyl adjacent to an activating group) is 1. The van der Waals surface area contributed by atoms with Gasteiger partial charge >= 0.3 is 0 Å². The third-order valence-corrected chi connectivity index (χ3v) is 4.28. The molecule has 0 aliphatic heterocycles. The Bertz CT molecular complexity index is 745. The van der Waals surface area contributed by atoms with Gasteiger partial charge in [0.05, 0.1) is 5.39 Å². The van der Waals surface area contributed by atoms with Crippen molar-refractivity contribution in [3.8, 4) is 0 Å². The molecule has 22 heavy (non-hydrogen) atoms. The van der Waals surface area contributed by atoms with Crippen molar-refractivity contribution in [3.63, 3.8) is 0 Å². The molecule has 0 radical (unpaired) electrons. The van der Waals surface area contributed by atoms with Gasteiger partial charge in [0.1, 0.15) is 17.8 Å². The molecule has 2 aromatic heterocycles. The minimum atomic E-state index is 0.413. The molecule has 0 fully saturated rings. The van der Waals surface area contributed by atoms with Crippen LogP contribution in [-0.4, -0.2) is 28.0 Å². The number of hydrogen-bond acceptors (Lipinski definition) is 3. The van der Waals surface area contributed by atoms with Crippen LogP contribution in [0.4, 0.5) is 5.82 Å². The fourth-order valence-corrected chi connectivity index (χ4v) is 2.86. The van der Waals surface area contributed by atoms with Gasteiger partial charge in [-0.2, -0.15) is 0 Å². The minimum absolute atomic E-state index is 0.413. The van der Waals surface area contributed by atoms with Gasteiger partial charge in [-0.25, -0.2) is 9.97 Å². The molecule has 3 aromatic rings. The molecule has 0 spiro atoms.